The van der Waals surface area contributed by atoms with Crippen LogP contribution in [0.3, 0.4) is 0 Å². The van der Waals surface area contributed by atoms with Crippen molar-refractivity contribution in [3.05, 3.63) is 75.7 Å². The summed E-state index contributed by atoms with van der Waals surface area (Å²) in [6.45, 7) is 5.44. The second-order valence-corrected chi connectivity index (χ2v) is 9.93. The molecule has 2 aromatic heterocycles. The van der Waals surface area contributed by atoms with Gasteiger partial charge in [-0.2, -0.15) is 5.10 Å². The first-order valence-electron chi connectivity index (χ1n) is 12.1. The maximum atomic E-state index is 13.2. The number of para-hydroxylation sites is 1. The number of fused-ring (bicyclic) bond motifs is 3. The number of rotatable bonds is 6. The van der Waals surface area contributed by atoms with Gasteiger partial charge in [-0.1, -0.05) is 41.9 Å². The second-order valence-electron chi connectivity index (χ2n) is 9.49. The van der Waals surface area contributed by atoms with Gasteiger partial charge in [0.1, 0.15) is 11.6 Å². The lowest BCUT2D eigenvalue weighted by molar-refractivity contribution is -0.123. The summed E-state index contributed by atoms with van der Waals surface area (Å²) >= 11 is 5.99. The molecule has 1 aliphatic heterocycles. The smallest absolute Gasteiger partial charge is 0.291 e. The van der Waals surface area contributed by atoms with Crippen LogP contribution in [0.2, 0.25) is 5.02 Å². The zero-order chi connectivity index (χ0) is 24.5. The molecule has 2 aromatic carbocycles. The number of halogens is 1. The van der Waals surface area contributed by atoms with E-state index in [0.29, 0.717) is 18.0 Å². The number of amides is 1. The average molecular weight is 492 g/mol. The molecule has 1 fully saturated rings. The number of aromatic nitrogens is 3. The molecule has 0 radical (unpaired) electrons. The first-order valence-corrected chi connectivity index (χ1v) is 12.5. The van der Waals surface area contributed by atoms with E-state index in [4.69, 9.17) is 11.6 Å². The lowest BCUT2D eigenvalue weighted by Crippen LogP contribution is -2.40. The molecule has 1 N–H and O–H groups in total. The highest BCUT2D eigenvalue weighted by Crippen LogP contribution is 2.29. The monoisotopic (exact) mass is 491 g/mol. The van der Waals surface area contributed by atoms with Gasteiger partial charge in [0, 0.05) is 35.9 Å². The van der Waals surface area contributed by atoms with E-state index in [0.717, 1.165) is 53.8 Å². The van der Waals surface area contributed by atoms with E-state index in [9.17, 15) is 9.59 Å². The van der Waals surface area contributed by atoms with Gasteiger partial charge in [0.2, 0.25) is 5.91 Å². The Morgan fingerprint density at radius 2 is 1.83 bits per heavy atom. The third kappa shape index (κ3) is 4.70. The van der Waals surface area contributed by atoms with Gasteiger partial charge in [-0.25, -0.2) is 4.68 Å². The molecule has 182 valence electrons. The summed E-state index contributed by atoms with van der Waals surface area (Å²) in [5.74, 6) is 0.373. The van der Waals surface area contributed by atoms with Crippen LogP contribution in [0.4, 0.5) is 0 Å². The molecule has 0 spiro atoms. The number of benzene rings is 2. The maximum absolute atomic E-state index is 13.2. The lowest BCUT2D eigenvalue weighted by atomic mass is 9.96. The van der Waals surface area contributed by atoms with E-state index in [2.05, 4.69) is 27.4 Å². The molecule has 0 bridgehead atoms. The molecule has 0 saturated carbocycles. The first-order chi connectivity index (χ1) is 16.9. The van der Waals surface area contributed by atoms with Crippen molar-refractivity contribution in [2.45, 2.75) is 32.4 Å². The van der Waals surface area contributed by atoms with Crippen molar-refractivity contribution in [3.63, 3.8) is 0 Å². The average Bonchev–Trinajstić information content (AvgIpc) is 3.21. The minimum absolute atomic E-state index is 0.0740. The number of carbonyl (C=O) groups excluding carboxylic acids is 1. The van der Waals surface area contributed by atoms with Crippen molar-refractivity contribution in [3.8, 4) is 0 Å². The van der Waals surface area contributed by atoms with Crippen LogP contribution in [-0.4, -0.2) is 44.8 Å². The molecule has 1 amide bonds. The minimum Gasteiger partial charge on any atom is -0.354 e. The Balaban J connectivity index is 1.25. The van der Waals surface area contributed by atoms with Gasteiger partial charge in [-0.05, 0) is 62.5 Å². The standard InChI is InChI=1S/C27H30ClN5O2/c1-18(33-24-6-4-3-5-22(24)23-16-30-31(2)27(35)25(23)33)26(34)29-15-19-11-13-32(14-12-19)17-20-7-9-21(28)10-8-20/h3-10,16,18-19H,11-15,17H2,1-2H3,(H,29,34). The SMILES string of the molecule is CC(C(=O)NCC1CCN(Cc2ccc(Cl)cc2)CC1)n1c2ccccc2c2cnn(C)c(=O)c21. The number of aryl methyl sites for hydroxylation is 1. The molecule has 4 aromatic rings. The molecule has 7 nitrogen and oxygen atoms in total. The highest BCUT2D eigenvalue weighted by molar-refractivity contribution is 6.30. The number of nitrogens with one attached hydrogen (secondary N) is 1. The Bertz CT molecular complexity index is 1420. The number of hydrogen-bond acceptors (Lipinski definition) is 4. The number of carbonyl (C=O) groups is 1. The second kappa shape index (κ2) is 9.84. The maximum Gasteiger partial charge on any atom is 0.291 e. The summed E-state index contributed by atoms with van der Waals surface area (Å²) < 4.78 is 3.18. The van der Waals surface area contributed by atoms with Crippen LogP contribution >= 0.6 is 11.6 Å². The zero-order valence-corrected chi connectivity index (χ0v) is 20.8. The van der Waals surface area contributed by atoms with Crippen LogP contribution in [-0.2, 0) is 18.4 Å². The zero-order valence-electron chi connectivity index (χ0n) is 20.1. The molecule has 1 atom stereocenters. The largest absolute Gasteiger partial charge is 0.354 e. The first kappa shape index (κ1) is 23.6. The Hall–Kier alpha value is -3.16. The third-order valence-electron chi connectivity index (χ3n) is 7.16. The predicted molar refractivity (Wildman–Crippen MR) is 140 cm³/mol. The molecule has 0 aliphatic carbocycles. The van der Waals surface area contributed by atoms with Crippen molar-refractivity contribution in [2.24, 2.45) is 13.0 Å². The Morgan fingerprint density at radius 3 is 2.57 bits per heavy atom. The van der Waals surface area contributed by atoms with Crippen molar-refractivity contribution >= 4 is 39.3 Å². The normalized spacial score (nSPS) is 16.1. The van der Waals surface area contributed by atoms with E-state index in [-0.39, 0.29) is 11.5 Å². The molecule has 5 rings (SSSR count). The lowest BCUT2D eigenvalue weighted by Gasteiger charge is -2.32. The van der Waals surface area contributed by atoms with Crippen LogP contribution in [0.15, 0.2) is 59.5 Å². The summed E-state index contributed by atoms with van der Waals surface area (Å²) in [7, 11) is 1.63. The van der Waals surface area contributed by atoms with E-state index in [1.807, 2.05) is 47.9 Å². The van der Waals surface area contributed by atoms with E-state index in [1.165, 1.54) is 10.2 Å². The highest BCUT2D eigenvalue weighted by atomic mass is 35.5. The molecule has 8 heteroatoms. The fourth-order valence-electron chi connectivity index (χ4n) is 5.10. The van der Waals surface area contributed by atoms with E-state index >= 15 is 0 Å². The fraction of sp³-hybridized carbons (Fsp3) is 0.370. The Kier molecular flexibility index (Phi) is 6.62. The predicted octanol–water partition coefficient (Wildman–Crippen LogP) is 4.13. The molecule has 1 unspecified atom stereocenters. The van der Waals surface area contributed by atoms with Crippen LogP contribution in [0.5, 0.6) is 0 Å². The molecule has 35 heavy (non-hydrogen) atoms. The number of hydrogen-bond donors (Lipinski definition) is 1. The number of piperidine rings is 1. The molecular weight excluding hydrogens is 462 g/mol. The number of likely N-dealkylation sites (tertiary alicyclic amines) is 1. The topological polar surface area (TPSA) is 72.2 Å². The summed E-state index contributed by atoms with van der Waals surface area (Å²) in [5, 5.41) is 9.81. The van der Waals surface area contributed by atoms with E-state index in [1.54, 1.807) is 13.2 Å². The summed E-state index contributed by atoms with van der Waals surface area (Å²) in [5.41, 5.74) is 2.45. The molecule has 3 heterocycles. The number of nitrogens with zero attached hydrogens (tertiary/aromatic N) is 4. The van der Waals surface area contributed by atoms with Crippen LogP contribution in [0.1, 0.15) is 31.4 Å². The third-order valence-corrected chi connectivity index (χ3v) is 7.42. The van der Waals surface area contributed by atoms with Crippen molar-refractivity contribution in [2.75, 3.05) is 19.6 Å². The van der Waals surface area contributed by atoms with Gasteiger partial charge < -0.3 is 9.88 Å². The summed E-state index contributed by atoms with van der Waals surface area (Å²) in [4.78, 5) is 28.6. The van der Waals surface area contributed by atoms with Gasteiger partial charge in [0.05, 0.1) is 11.7 Å². The van der Waals surface area contributed by atoms with Gasteiger partial charge in [0.15, 0.2) is 0 Å². The summed E-state index contributed by atoms with van der Waals surface area (Å²) in [6.07, 6.45) is 3.80. The van der Waals surface area contributed by atoms with Crippen LogP contribution < -0.4 is 10.9 Å². The molecule has 1 saturated heterocycles. The molecular formula is C27H30ClN5O2. The Labute approximate surface area is 209 Å². The quantitative estimate of drug-likeness (QED) is 0.440. The van der Waals surface area contributed by atoms with Crippen molar-refractivity contribution in [1.29, 1.82) is 0 Å². The van der Waals surface area contributed by atoms with Gasteiger partial charge in [0.25, 0.3) is 5.56 Å². The van der Waals surface area contributed by atoms with Crippen LogP contribution in [0, 0.1) is 5.92 Å². The van der Waals surface area contributed by atoms with Crippen molar-refractivity contribution < 1.29 is 4.79 Å². The van der Waals surface area contributed by atoms with Crippen molar-refractivity contribution in [1.82, 2.24) is 24.6 Å². The van der Waals surface area contributed by atoms with Gasteiger partial charge in [-0.3, -0.25) is 14.5 Å². The minimum atomic E-state index is -0.516. The summed E-state index contributed by atoms with van der Waals surface area (Å²) in [6, 6.07) is 15.3. The highest BCUT2D eigenvalue weighted by Gasteiger charge is 2.25. The van der Waals surface area contributed by atoms with E-state index < -0.39 is 6.04 Å². The fourth-order valence-corrected chi connectivity index (χ4v) is 5.22. The molecule has 1 aliphatic rings. The Morgan fingerprint density at radius 1 is 1.11 bits per heavy atom. The van der Waals surface area contributed by atoms with Gasteiger partial charge >= 0.3 is 0 Å². The van der Waals surface area contributed by atoms with Gasteiger partial charge in [-0.15, -0.1) is 0 Å². The van der Waals surface area contributed by atoms with Crippen LogP contribution in [0.25, 0.3) is 21.8 Å².